The molecule has 0 heterocycles. The molecule has 0 nitrogen and oxygen atoms in total. The van der Waals surface area contributed by atoms with Crippen molar-refractivity contribution in [2.75, 3.05) is 0 Å². The van der Waals surface area contributed by atoms with E-state index < -0.39 is 0 Å². The van der Waals surface area contributed by atoms with E-state index in [0.29, 0.717) is 9.52 Å². The van der Waals surface area contributed by atoms with Gasteiger partial charge in [0.25, 0.3) is 0 Å². The third-order valence-electron chi connectivity index (χ3n) is 6.71. The number of hydrogen-bond donors (Lipinski definition) is 0. The Morgan fingerprint density at radius 3 is 1.42 bits per heavy atom. The fourth-order valence-corrected chi connectivity index (χ4v) is 7.80. The van der Waals surface area contributed by atoms with Crippen molar-refractivity contribution in [1.29, 1.82) is 0 Å². The first kappa shape index (κ1) is 19.4. The summed E-state index contributed by atoms with van der Waals surface area (Å²) in [7, 11) is 0.517. The highest BCUT2D eigenvalue weighted by molar-refractivity contribution is 6.70. The Balaban J connectivity index is 1.54. The molecule has 31 heavy (non-hydrogen) atoms. The molecule has 2 atom stereocenters. The fraction of sp³-hybridized carbons (Fsp3) is 0.143. The van der Waals surface area contributed by atoms with Crippen LogP contribution in [-0.4, -0.2) is 9.52 Å². The van der Waals surface area contributed by atoms with E-state index in [1.54, 1.807) is 0 Å². The van der Waals surface area contributed by atoms with Crippen molar-refractivity contribution in [3.8, 4) is 22.3 Å². The van der Waals surface area contributed by atoms with Gasteiger partial charge < -0.3 is 0 Å². The van der Waals surface area contributed by atoms with Gasteiger partial charge in [-0.25, -0.2) is 0 Å². The standard InChI is InChI=1S/C28H20Cl2Si/c1-15-11-13-19-17-7-3-5-9-21(17)25(29)23(19)27(15)31-28-16(2)12-14-20-18-8-4-6-10-22(18)26(30)24(20)28/h3-14,25-26H,1-2H3. The van der Waals surface area contributed by atoms with Crippen LogP contribution < -0.4 is 10.4 Å². The minimum Gasteiger partial charge on any atom is -0.113 e. The van der Waals surface area contributed by atoms with Crippen LogP contribution in [0.25, 0.3) is 22.3 Å². The Bertz CT molecular complexity index is 1270. The van der Waals surface area contributed by atoms with Crippen molar-refractivity contribution < 1.29 is 0 Å². The van der Waals surface area contributed by atoms with Gasteiger partial charge in [-0.3, -0.25) is 0 Å². The Labute approximate surface area is 195 Å². The minimum absolute atomic E-state index is 0.102. The third kappa shape index (κ3) is 2.74. The molecule has 0 saturated heterocycles. The van der Waals surface area contributed by atoms with Gasteiger partial charge in [-0.05, 0) is 68.7 Å². The smallest absolute Gasteiger partial charge is 0.113 e. The summed E-state index contributed by atoms with van der Waals surface area (Å²) in [6, 6.07) is 26.0. The summed E-state index contributed by atoms with van der Waals surface area (Å²) in [5.74, 6) is 0. The Hall–Kier alpha value is -2.32. The molecule has 0 aromatic heterocycles. The van der Waals surface area contributed by atoms with Crippen molar-refractivity contribution in [2.24, 2.45) is 0 Å². The number of alkyl halides is 2. The number of halogens is 2. The van der Waals surface area contributed by atoms with Crippen LogP contribution in [0.2, 0.25) is 0 Å². The quantitative estimate of drug-likeness (QED) is 0.237. The van der Waals surface area contributed by atoms with Gasteiger partial charge in [-0.1, -0.05) is 83.9 Å². The first-order valence-electron chi connectivity index (χ1n) is 10.6. The van der Waals surface area contributed by atoms with Gasteiger partial charge in [0.05, 0.1) is 10.8 Å². The first-order valence-corrected chi connectivity index (χ1v) is 12.4. The Kier molecular flexibility index (Phi) is 4.43. The number of rotatable bonds is 2. The maximum atomic E-state index is 7.05. The predicted octanol–water partition coefficient (Wildman–Crippen LogP) is 6.58. The highest BCUT2D eigenvalue weighted by Gasteiger charge is 2.33. The average Bonchev–Trinajstić information content (AvgIpc) is 3.24. The van der Waals surface area contributed by atoms with Crippen LogP contribution in [0.4, 0.5) is 0 Å². The van der Waals surface area contributed by atoms with Crippen molar-refractivity contribution in [3.05, 3.63) is 106 Å². The van der Waals surface area contributed by atoms with E-state index in [4.69, 9.17) is 23.2 Å². The van der Waals surface area contributed by atoms with Gasteiger partial charge in [-0.2, -0.15) is 0 Å². The Morgan fingerprint density at radius 1 is 0.548 bits per heavy atom. The van der Waals surface area contributed by atoms with E-state index >= 15 is 0 Å². The van der Waals surface area contributed by atoms with Crippen molar-refractivity contribution in [3.63, 3.8) is 0 Å². The predicted molar refractivity (Wildman–Crippen MR) is 134 cm³/mol. The van der Waals surface area contributed by atoms with Crippen LogP contribution in [0.5, 0.6) is 0 Å². The summed E-state index contributed by atoms with van der Waals surface area (Å²) in [6.45, 7) is 4.42. The zero-order valence-electron chi connectivity index (χ0n) is 17.3. The normalized spacial score (nSPS) is 17.8. The molecule has 3 heteroatoms. The monoisotopic (exact) mass is 454 g/mol. The van der Waals surface area contributed by atoms with Crippen LogP contribution in [0.15, 0.2) is 72.8 Å². The molecule has 150 valence electrons. The molecular weight excluding hydrogens is 435 g/mol. The zero-order valence-corrected chi connectivity index (χ0v) is 19.9. The molecule has 2 radical (unpaired) electrons. The van der Waals surface area contributed by atoms with Crippen molar-refractivity contribution in [2.45, 2.75) is 24.6 Å². The number of aryl methyl sites for hydroxylation is 2. The molecule has 0 aliphatic heterocycles. The topological polar surface area (TPSA) is 0 Å². The number of fused-ring (bicyclic) bond motifs is 6. The van der Waals surface area contributed by atoms with Gasteiger partial charge in [-0.15, -0.1) is 23.2 Å². The lowest BCUT2D eigenvalue weighted by molar-refractivity contribution is 1.20. The van der Waals surface area contributed by atoms with Crippen LogP contribution in [0.3, 0.4) is 0 Å². The first-order chi connectivity index (χ1) is 15.1. The second-order valence-electron chi connectivity index (χ2n) is 8.46. The van der Waals surface area contributed by atoms with Crippen molar-refractivity contribution in [1.82, 2.24) is 0 Å². The van der Waals surface area contributed by atoms with Gasteiger partial charge in [0.2, 0.25) is 0 Å². The molecular formula is C28H20Cl2Si. The van der Waals surface area contributed by atoms with Crippen LogP contribution >= 0.6 is 23.2 Å². The van der Waals surface area contributed by atoms with E-state index in [1.165, 1.54) is 66.0 Å². The average molecular weight is 455 g/mol. The summed E-state index contributed by atoms with van der Waals surface area (Å²) in [5, 5.41) is 2.53. The molecule has 2 aliphatic carbocycles. The van der Waals surface area contributed by atoms with E-state index in [2.05, 4.69) is 86.6 Å². The number of hydrogen-bond acceptors (Lipinski definition) is 0. The summed E-state index contributed by atoms with van der Waals surface area (Å²) < 4.78 is 0. The molecule has 0 fully saturated rings. The molecule has 0 N–H and O–H groups in total. The molecule has 0 bridgehead atoms. The van der Waals surface area contributed by atoms with Crippen LogP contribution in [0.1, 0.15) is 44.1 Å². The third-order valence-corrected chi connectivity index (χ3v) is 9.45. The van der Waals surface area contributed by atoms with Gasteiger partial charge in [0.15, 0.2) is 0 Å². The van der Waals surface area contributed by atoms with Gasteiger partial charge in [0.1, 0.15) is 9.52 Å². The van der Waals surface area contributed by atoms with Crippen LogP contribution in [-0.2, 0) is 0 Å². The lowest BCUT2D eigenvalue weighted by Crippen LogP contribution is -2.36. The number of benzene rings is 4. The summed E-state index contributed by atoms with van der Waals surface area (Å²) in [6.07, 6.45) is 0. The molecule has 2 aliphatic rings. The minimum atomic E-state index is -0.102. The van der Waals surface area contributed by atoms with Gasteiger partial charge in [0, 0.05) is 0 Å². The highest BCUT2D eigenvalue weighted by Crippen LogP contribution is 2.47. The molecule has 0 spiro atoms. The maximum absolute atomic E-state index is 7.05. The molecule has 0 amide bonds. The molecule has 0 saturated carbocycles. The Morgan fingerprint density at radius 2 is 0.968 bits per heavy atom. The second kappa shape index (κ2) is 7.10. The highest BCUT2D eigenvalue weighted by atomic mass is 35.5. The van der Waals surface area contributed by atoms with Gasteiger partial charge >= 0.3 is 0 Å². The SMILES string of the molecule is Cc1ccc2c(c1[Si]c1c(C)ccc3c1C(Cl)c1ccccc1-3)C(Cl)c1ccccc1-2. The second-order valence-corrected chi connectivity index (χ2v) is 10.6. The lowest BCUT2D eigenvalue weighted by atomic mass is 10.0. The molecule has 4 aromatic rings. The van der Waals surface area contributed by atoms with E-state index in [0.717, 1.165) is 0 Å². The van der Waals surface area contributed by atoms with E-state index in [-0.39, 0.29) is 10.8 Å². The fourth-order valence-electron chi connectivity index (χ4n) is 5.15. The molecule has 6 rings (SSSR count). The summed E-state index contributed by atoms with van der Waals surface area (Å²) in [5.41, 5.74) is 12.7. The maximum Gasteiger partial charge on any atom is 0.123 e. The van der Waals surface area contributed by atoms with Crippen LogP contribution in [0, 0.1) is 13.8 Å². The summed E-state index contributed by atoms with van der Waals surface area (Å²) in [4.78, 5) is 0. The van der Waals surface area contributed by atoms with E-state index in [1.807, 2.05) is 0 Å². The lowest BCUT2D eigenvalue weighted by Gasteiger charge is -2.19. The zero-order chi connectivity index (χ0) is 21.3. The van der Waals surface area contributed by atoms with Crippen molar-refractivity contribution >= 4 is 43.1 Å². The molecule has 4 aromatic carbocycles. The van der Waals surface area contributed by atoms with E-state index in [9.17, 15) is 0 Å². The molecule has 2 unspecified atom stereocenters. The largest absolute Gasteiger partial charge is 0.123 e. The summed E-state index contributed by atoms with van der Waals surface area (Å²) >= 11 is 14.1.